The van der Waals surface area contributed by atoms with Crippen LogP contribution < -0.4 is 0 Å². The molecule has 0 N–H and O–H groups in total. The zero-order valence-electron chi connectivity index (χ0n) is 18.1. The number of piperidine rings is 1. The van der Waals surface area contributed by atoms with E-state index in [1.165, 1.54) is 0 Å². The molecule has 9 heteroatoms. The van der Waals surface area contributed by atoms with Crippen molar-refractivity contribution >= 4 is 27.3 Å². The molecule has 3 aromatic rings. The molecule has 2 aliphatic heterocycles. The van der Waals surface area contributed by atoms with Crippen molar-refractivity contribution in [1.82, 2.24) is 19.7 Å². The Bertz CT molecular complexity index is 1260. The fourth-order valence-corrected chi connectivity index (χ4v) is 6.64. The van der Waals surface area contributed by atoms with E-state index in [0.717, 1.165) is 36.1 Å². The molecule has 2 aliphatic rings. The summed E-state index contributed by atoms with van der Waals surface area (Å²) in [6, 6.07) is 12.6. The number of sulfone groups is 1. The summed E-state index contributed by atoms with van der Waals surface area (Å²) in [6.45, 7) is 0.652. The van der Waals surface area contributed by atoms with Crippen LogP contribution in [-0.2, 0) is 9.84 Å². The minimum atomic E-state index is -3.11. The van der Waals surface area contributed by atoms with Gasteiger partial charge in [0, 0.05) is 24.0 Å². The average Bonchev–Trinajstić information content (AvgIpc) is 3.43. The number of halogens is 1. The van der Waals surface area contributed by atoms with Crippen molar-refractivity contribution in [2.75, 3.05) is 18.1 Å². The maximum Gasteiger partial charge on any atom is 0.274 e. The number of benzene rings is 1. The molecule has 2 aromatic heterocycles. The van der Waals surface area contributed by atoms with Gasteiger partial charge in [-0.2, -0.15) is 5.10 Å². The highest BCUT2D eigenvalue weighted by Gasteiger charge is 2.34. The van der Waals surface area contributed by atoms with E-state index >= 15 is 0 Å². The molecule has 33 heavy (non-hydrogen) atoms. The fourth-order valence-electron chi connectivity index (χ4n) is 4.82. The molecule has 0 unspecified atom stereocenters. The quantitative estimate of drug-likeness (QED) is 0.550. The summed E-state index contributed by atoms with van der Waals surface area (Å²) in [5.41, 5.74) is 2.93. The summed E-state index contributed by atoms with van der Waals surface area (Å²) in [5.74, 6) is 0.0273. The number of amides is 1. The normalized spacial score (nSPS) is 22.4. The van der Waals surface area contributed by atoms with Crippen LogP contribution in [0.15, 0.2) is 54.9 Å². The van der Waals surface area contributed by atoms with Crippen molar-refractivity contribution < 1.29 is 13.2 Å². The van der Waals surface area contributed by atoms with Crippen LogP contribution >= 0.6 is 11.6 Å². The SMILES string of the molecule is O=C(c1cc(-c2ccc(Cl)cc2)n([C@H]2CCS(=O)(=O)C2)n1)N1CCCC[C@@H]1c1cccnc1. The lowest BCUT2D eigenvalue weighted by Crippen LogP contribution is -2.38. The Balaban J connectivity index is 1.53. The molecular formula is C24H25ClN4O3S. The van der Waals surface area contributed by atoms with Gasteiger partial charge in [0.2, 0.25) is 0 Å². The van der Waals surface area contributed by atoms with Crippen LogP contribution in [0.2, 0.25) is 5.02 Å². The maximum atomic E-state index is 13.7. The van der Waals surface area contributed by atoms with Crippen molar-refractivity contribution in [3.63, 3.8) is 0 Å². The van der Waals surface area contributed by atoms with Crippen LogP contribution in [0, 0.1) is 0 Å². The zero-order valence-corrected chi connectivity index (χ0v) is 19.7. The van der Waals surface area contributed by atoms with Gasteiger partial charge in [-0.1, -0.05) is 29.8 Å². The Morgan fingerprint density at radius 1 is 1.09 bits per heavy atom. The van der Waals surface area contributed by atoms with Crippen LogP contribution in [-0.4, -0.2) is 52.0 Å². The van der Waals surface area contributed by atoms with Gasteiger partial charge in [0.15, 0.2) is 15.5 Å². The van der Waals surface area contributed by atoms with Crippen molar-refractivity contribution in [3.05, 3.63) is 71.1 Å². The Morgan fingerprint density at radius 2 is 1.91 bits per heavy atom. The molecule has 0 spiro atoms. The first kappa shape index (κ1) is 22.1. The first-order valence-electron chi connectivity index (χ1n) is 11.2. The Kier molecular flexibility index (Phi) is 5.97. The molecular weight excluding hydrogens is 460 g/mol. The van der Waals surface area contributed by atoms with Gasteiger partial charge in [-0.05, 0) is 61.1 Å². The molecule has 172 valence electrons. The number of carbonyl (C=O) groups excluding carboxylic acids is 1. The third-order valence-electron chi connectivity index (χ3n) is 6.48. The van der Waals surface area contributed by atoms with Gasteiger partial charge in [-0.25, -0.2) is 8.42 Å². The highest BCUT2D eigenvalue weighted by molar-refractivity contribution is 7.91. The standard InChI is InChI=1S/C24H25ClN4O3S/c25-19-8-6-17(7-9-19)23-14-21(27-29(23)20-10-13-33(31,32)16-20)24(30)28-12-2-1-5-22(28)18-4-3-11-26-15-18/h3-4,6-9,11,14-15,20,22H,1-2,5,10,12-13,16H2/t20-,22+/m0/s1. The lowest BCUT2D eigenvalue weighted by atomic mass is 9.96. The van der Waals surface area contributed by atoms with Crippen LogP contribution in [0.25, 0.3) is 11.3 Å². The Morgan fingerprint density at radius 3 is 2.61 bits per heavy atom. The molecule has 0 saturated carbocycles. The van der Waals surface area contributed by atoms with E-state index in [1.54, 1.807) is 29.1 Å². The Labute approximate surface area is 198 Å². The van der Waals surface area contributed by atoms with E-state index in [-0.39, 0.29) is 29.5 Å². The van der Waals surface area contributed by atoms with Crippen LogP contribution in [0.5, 0.6) is 0 Å². The van der Waals surface area contributed by atoms with Crippen LogP contribution in [0.3, 0.4) is 0 Å². The molecule has 2 fully saturated rings. The van der Waals surface area contributed by atoms with Gasteiger partial charge in [-0.3, -0.25) is 14.5 Å². The molecule has 4 heterocycles. The van der Waals surface area contributed by atoms with E-state index < -0.39 is 9.84 Å². The summed E-state index contributed by atoms with van der Waals surface area (Å²) >= 11 is 6.07. The highest BCUT2D eigenvalue weighted by Crippen LogP contribution is 2.34. The van der Waals surface area contributed by atoms with Gasteiger partial charge >= 0.3 is 0 Å². The van der Waals surface area contributed by atoms with Crippen LogP contribution in [0.1, 0.15) is 53.8 Å². The first-order chi connectivity index (χ1) is 15.9. The number of aromatic nitrogens is 3. The van der Waals surface area contributed by atoms with E-state index in [9.17, 15) is 13.2 Å². The second-order valence-corrected chi connectivity index (χ2v) is 11.4. The number of carbonyl (C=O) groups is 1. The maximum absolute atomic E-state index is 13.7. The molecule has 5 rings (SSSR count). The van der Waals surface area contributed by atoms with Crippen molar-refractivity contribution in [2.45, 2.75) is 37.8 Å². The predicted octanol–water partition coefficient (Wildman–Crippen LogP) is 4.33. The van der Waals surface area contributed by atoms with Gasteiger partial charge in [0.1, 0.15) is 0 Å². The molecule has 0 bridgehead atoms. The monoisotopic (exact) mass is 484 g/mol. The lowest BCUT2D eigenvalue weighted by molar-refractivity contribution is 0.0604. The van der Waals surface area contributed by atoms with Crippen LogP contribution in [0.4, 0.5) is 0 Å². The predicted molar refractivity (Wildman–Crippen MR) is 127 cm³/mol. The highest BCUT2D eigenvalue weighted by atomic mass is 35.5. The zero-order chi connectivity index (χ0) is 23.0. The number of rotatable bonds is 4. The third-order valence-corrected chi connectivity index (χ3v) is 8.48. The number of nitrogens with zero attached hydrogens (tertiary/aromatic N) is 4. The number of hydrogen-bond donors (Lipinski definition) is 0. The summed E-state index contributed by atoms with van der Waals surface area (Å²) in [7, 11) is -3.11. The largest absolute Gasteiger partial charge is 0.330 e. The average molecular weight is 485 g/mol. The lowest BCUT2D eigenvalue weighted by Gasteiger charge is -2.35. The number of likely N-dealkylation sites (tertiary alicyclic amines) is 1. The molecule has 7 nitrogen and oxygen atoms in total. The van der Waals surface area contributed by atoms with Crippen molar-refractivity contribution in [1.29, 1.82) is 0 Å². The van der Waals surface area contributed by atoms with Gasteiger partial charge in [0.05, 0.1) is 29.3 Å². The summed E-state index contributed by atoms with van der Waals surface area (Å²) in [6.07, 6.45) is 6.90. The molecule has 2 atom stereocenters. The molecule has 0 aliphatic carbocycles. The van der Waals surface area contributed by atoms with E-state index in [2.05, 4.69) is 10.1 Å². The fraction of sp³-hybridized carbons (Fsp3) is 0.375. The Hall–Kier alpha value is -2.71. The van der Waals surface area contributed by atoms with E-state index in [1.807, 2.05) is 35.4 Å². The van der Waals surface area contributed by atoms with Crippen molar-refractivity contribution in [3.8, 4) is 11.3 Å². The third kappa shape index (κ3) is 4.54. The molecule has 1 aromatic carbocycles. The van der Waals surface area contributed by atoms with E-state index in [0.29, 0.717) is 23.7 Å². The van der Waals surface area contributed by atoms with Gasteiger partial charge in [0.25, 0.3) is 5.91 Å². The van der Waals surface area contributed by atoms with Gasteiger partial charge < -0.3 is 4.90 Å². The second-order valence-electron chi connectivity index (χ2n) is 8.72. The number of hydrogen-bond acceptors (Lipinski definition) is 5. The topological polar surface area (TPSA) is 85.2 Å². The number of pyridine rings is 1. The van der Waals surface area contributed by atoms with Crippen molar-refractivity contribution in [2.24, 2.45) is 0 Å². The summed E-state index contributed by atoms with van der Waals surface area (Å²) < 4.78 is 26.0. The minimum Gasteiger partial charge on any atom is -0.330 e. The second kappa shape index (κ2) is 8.91. The minimum absolute atomic E-state index is 0.0327. The molecule has 0 radical (unpaired) electrons. The van der Waals surface area contributed by atoms with E-state index in [4.69, 9.17) is 11.6 Å². The first-order valence-corrected chi connectivity index (χ1v) is 13.4. The molecule has 2 saturated heterocycles. The van der Waals surface area contributed by atoms with Gasteiger partial charge in [-0.15, -0.1) is 0 Å². The molecule has 1 amide bonds. The summed E-state index contributed by atoms with van der Waals surface area (Å²) in [5, 5.41) is 5.28. The summed E-state index contributed by atoms with van der Waals surface area (Å²) in [4.78, 5) is 19.8. The smallest absolute Gasteiger partial charge is 0.274 e.